The largest absolute Gasteiger partial charge is 0.381 e. The van der Waals surface area contributed by atoms with Gasteiger partial charge in [0.05, 0.1) is 17.7 Å². The van der Waals surface area contributed by atoms with Gasteiger partial charge < -0.3 is 9.30 Å². The Hall–Kier alpha value is -1.57. The van der Waals surface area contributed by atoms with Gasteiger partial charge in [-0.15, -0.1) is 11.6 Å². The first-order valence-corrected chi connectivity index (χ1v) is 7.89. The van der Waals surface area contributed by atoms with Crippen LogP contribution >= 0.6 is 11.6 Å². The number of nitriles is 1. The van der Waals surface area contributed by atoms with E-state index in [1.54, 1.807) is 0 Å². The van der Waals surface area contributed by atoms with Crippen LogP contribution in [0.3, 0.4) is 0 Å². The summed E-state index contributed by atoms with van der Waals surface area (Å²) in [7, 11) is 0. The van der Waals surface area contributed by atoms with Gasteiger partial charge in [0.15, 0.2) is 0 Å². The highest BCUT2D eigenvalue weighted by atomic mass is 35.5. The van der Waals surface area contributed by atoms with Crippen LogP contribution < -0.4 is 0 Å². The Bertz CT molecular complexity index is 668. The van der Waals surface area contributed by atoms with Crippen molar-refractivity contribution in [2.45, 2.75) is 25.8 Å². The summed E-state index contributed by atoms with van der Waals surface area (Å²) in [6.07, 6.45) is 3.01. The fraction of sp³-hybridized carbons (Fsp3) is 0.500. The molecule has 1 fully saturated rings. The van der Waals surface area contributed by atoms with Gasteiger partial charge in [0, 0.05) is 31.4 Å². The quantitative estimate of drug-likeness (QED) is 0.815. The molecule has 1 atom stereocenters. The van der Waals surface area contributed by atoms with Crippen LogP contribution in [0.15, 0.2) is 18.2 Å². The van der Waals surface area contributed by atoms with Crippen molar-refractivity contribution in [3.63, 3.8) is 0 Å². The predicted octanol–water partition coefficient (Wildman–Crippen LogP) is 3.12. The zero-order chi connectivity index (χ0) is 14.7. The van der Waals surface area contributed by atoms with E-state index in [1.165, 1.54) is 6.42 Å². The van der Waals surface area contributed by atoms with E-state index < -0.39 is 0 Å². The summed E-state index contributed by atoms with van der Waals surface area (Å²) in [5.74, 6) is 2.01. The molecule has 0 N–H and O–H groups in total. The highest BCUT2D eigenvalue weighted by molar-refractivity contribution is 6.17. The van der Waals surface area contributed by atoms with Crippen LogP contribution in [0, 0.1) is 17.2 Å². The lowest BCUT2D eigenvalue weighted by molar-refractivity contribution is 0.0485. The molecule has 0 spiro atoms. The molecule has 1 saturated heterocycles. The van der Waals surface area contributed by atoms with E-state index in [9.17, 15) is 5.26 Å². The van der Waals surface area contributed by atoms with Gasteiger partial charge in [-0.2, -0.15) is 5.26 Å². The van der Waals surface area contributed by atoms with Gasteiger partial charge >= 0.3 is 0 Å². The van der Waals surface area contributed by atoms with Crippen LogP contribution in [0.2, 0.25) is 0 Å². The molecule has 21 heavy (non-hydrogen) atoms. The number of hydrogen-bond acceptors (Lipinski definition) is 3. The van der Waals surface area contributed by atoms with Crippen molar-refractivity contribution < 1.29 is 4.74 Å². The summed E-state index contributed by atoms with van der Waals surface area (Å²) in [6, 6.07) is 7.99. The number of nitrogens with zero attached hydrogens (tertiary/aromatic N) is 3. The fourth-order valence-electron chi connectivity index (χ4n) is 2.97. The van der Waals surface area contributed by atoms with Crippen molar-refractivity contribution in [3.8, 4) is 6.07 Å². The van der Waals surface area contributed by atoms with Gasteiger partial charge in [0.1, 0.15) is 17.4 Å². The lowest BCUT2D eigenvalue weighted by atomic mass is 10.0. The van der Waals surface area contributed by atoms with Crippen LogP contribution in [-0.2, 0) is 17.7 Å². The molecule has 0 radical (unpaired) electrons. The van der Waals surface area contributed by atoms with Crippen LogP contribution in [0.25, 0.3) is 11.0 Å². The highest BCUT2D eigenvalue weighted by Crippen LogP contribution is 2.24. The maximum absolute atomic E-state index is 9.24. The third-order valence-corrected chi connectivity index (χ3v) is 4.18. The van der Waals surface area contributed by atoms with Crippen LogP contribution in [0.4, 0.5) is 0 Å². The minimum Gasteiger partial charge on any atom is -0.381 e. The lowest BCUT2D eigenvalue weighted by Gasteiger charge is -2.23. The van der Waals surface area contributed by atoms with Crippen molar-refractivity contribution in [1.29, 1.82) is 5.26 Å². The predicted molar refractivity (Wildman–Crippen MR) is 82.4 cm³/mol. The molecule has 2 aromatic rings. The number of alkyl halides is 1. The lowest BCUT2D eigenvalue weighted by Crippen LogP contribution is -2.23. The Balaban J connectivity index is 2.01. The summed E-state index contributed by atoms with van der Waals surface area (Å²) in [5.41, 5.74) is 2.44. The summed E-state index contributed by atoms with van der Waals surface area (Å²) < 4.78 is 7.80. The SMILES string of the molecule is N#Cc1cccc2c1nc(CCCl)n2CC1CCCOC1. The summed E-state index contributed by atoms with van der Waals surface area (Å²) >= 11 is 5.91. The van der Waals surface area contributed by atoms with E-state index in [1.807, 2.05) is 18.2 Å². The van der Waals surface area contributed by atoms with Gasteiger partial charge in [-0.3, -0.25) is 0 Å². The van der Waals surface area contributed by atoms with E-state index in [0.29, 0.717) is 23.8 Å². The second-order valence-electron chi connectivity index (χ2n) is 5.45. The third kappa shape index (κ3) is 2.90. The molecule has 2 heterocycles. The maximum Gasteiger partial charge on any atom is 0.111 e. The van der Waals surface area contributed by atoms with Crippen molar-refractivity contribution >= 4 is 22.6 Å². The van der Waals surface area contributed by atoms with Gasteiger partial charge in [0.2, 0.25) is 0 Å². The number of rotatable bonds is 4. The van der Waals surface area contributed by atoms with E-state index in [-0.39, 0.29) is 0 Å². The standard InChI is InChI=1S/C16H18ClN3O/c17-7-6-15-19-16-13(9-18)4-1-5-14(16)20(15)10-12-3-2-8-21-11-12/h1,4-5,12H,2-3,6-8,10-11H2. The molecular formula is C16H18ClN3O. The highest BCUT2D eigenvalue weighted by Gasteiger charge is 2.19. The Morgan fingerprint density at radius 2 is 2.38 bits per heavy atom. The van der Waals surface area contributed by atoms with Crippen molar-refractivity contribution in [2.75, 3.05) is 19.1 Å². The average molecular weight is 304 g/mol. The van der Waals surface area contributed by atoms with Crippen molar-refractivity contribution in [2.24, 2.45) is 5.92 Å². The Kier molecular flexibility index (Phi) is 4.42. The molecule has 110 valence electrons. The van der Waals surface area contributed by atoms with Crippen LogP contribution in [0.1, 0.15) is 24.2 Å². The van der Waals surface area contributed by atoms with Gasteiger partial charge in [-0.05, 0) is 25.0 Å². The van der Waals surface area contributed by atoms with Crippen molar-refractivity contribution in [1.82, 2.24) is 9.55 Å². The number of ether oxygens (including phenoxy) is 1. The molecule has 1 aliphatic rings. The molecule has 3 rings (SSSR count). The first kappa shape index (κ1) is 14.4. The van der Waals surface area contributed by atoms with Gasteiger partial charge in [0.25, 0.3) is 0 Å². The Morgan fingerprint density at radius 1 is 1.48 bits per heavy atom. The molecule has 5 heteroatoms. The normalized spacial score (nSPS) is 18.8. The Labute approximate surface area is 129 Å². The second kappa shape index (κ2) is 6.46. The first-order chi connectivity index (χ1) is 10.3. The number of aromatic nitrogens is 2. The van der Waals surface area contributed by atoms with E-state index >= 15 is 0 Å². The van der Waals surface area contributed by atoms with E-state index in [2.05, 4.69) is 15.6 Å². The Morgan fingerprint density at radius 3 is 3.10 bits per heavy atom. The zero-order valence-corrected chi connectivity index (χ0v) is 12.6. The molecule has 1 unspecified atom stereocenters. The van der Waals surface area contributed by atoms with E-state index in [0.717, 1.165) is 43.0 Å². The van der Waals surface area contributed by atoms with Gasteiger partial charge in [-0.25, -0.2) is 4.98 Å². The van der Waals surface area contributed by atoms with Crippen LogP contribution in [0.5, 0.6) is 0 Å². The smallest absolute Gasteiger partial charge is 0.111 e. The average Bonchev–Trinajstić information content (AvgIpc) is 2.87. The number of fused-ring (bicyclic) bond motifs is 1. The van der Waals surface area contributed by atoms with Crippen LogP contribution in [-0.4, -0.2) is 28.6 Å². The molecule has 0 aliphatic carbocycles. The molecule has 0 amide bonds. The molecule has 4 nitrogen and oxygen atoms in total. The number of benzene rings is 1. The molecule has 0 saturated carbocycles. The summed E-state index contributed by atoms with van der Waals surface area (Å²) in [4.78, 5) is 4.65. The second-order valence-corrected chi connectivity index (χ2v) is 5.82. The molecule has 0 bridgehead atoms. The summed E-state index contributed by atoms with van der Waals surface area (Å²) in [6.45, 7) is 2.56. The maximum atomic E-state index is 9.24. The fourth-order valence-corrected chi connectivity index (χ4v) is 3.14. The first-order valence-electron chi connectivity index (χ1n) is 7.35. The number of hydrogen-bond donors (Lipinski definition) is 0. The summed E-state index contributed by atoms with van der Waals surface area (Å²) in [5, 5.41) is 9.24. The molecule has 1 aromatic carbocycles. The van der Waals surface area contributed by atoms with E-state index in [4.69, 9.17) is 16.3 Å². The molecule has 1 aliphatic heterocycles. The topological polar surface area (TPSA) is 50.8 Å². The number of aryl methyl sites for hydroxylation is 1. The monoisotopic (exact) mass is 303 g/mol. The third-order valence-electron chi connectivity index (χ3n) is 3.99. The number of imidazole rings is 1. The van der Waals surface area contributed by atoms with Gasteiger partial charge in [-0.1, -0.05) is 6.07 Å². The molecular weight excluding hydrogens is 286 g/mol. The number of para-hydroxylation sites is 1. The zero-order valence-electron chi connectivity index (χ0n) is 11.9. The number of halogens is 1. The van der Waals surface area contributed by atoms with Crippen molar-refractivity contribution in [3.05, 3.63) is 29.6 Å². The minimum atomic E-state index is 0.510. The minimum absolute atomic E-state index is 0.510. The molecule has 1 aromatic heterocycles.